The van der Waals surface area contributed by atoms with Crippen LogP contribution in [0.2, 0.25) is 0 Å². The first-order valence-electron chi connectivity index (χ1n) is 41.9. The Morgan fingerprint density at radius 1 is 0.310 bits per heavy atom. The fraction of sp³-hybridized carbons (Fsp3) is 0.881. The SMILES string of the molecule is CC(C)CCCCCCCCCCCCCCC(=O)OC[C@H](O)[C@H]1OC(=O)C(OC(=O)CCCCCCCCCCCCCCC(C)C)=C1O.CCCCCCCCCCCCCCCCCC(=O)OC[C@H](O)[C@H]1OC(=O)C(OC(=O)CCCCCCCCCCCCCCCCC)=C1O. The summed E-state index contributed by atoms with van der Waals surface area (Å²) in [5.41, 5.74) is 0. The quantitative estimate of drug-likeness (QED) is 0.0251. The molecule has 0 bridgehead atoms. The zero-order valence-electron chi connectivity index (χ0n) is 65.0. The van der Waals surface area contributed by atoms with Gasteiger partial charge in [-0.25, -0.2) is 9.59 Å². The summed E-state index contributed by atoms with van der Waals surface area (Å²) in [7, 11) is 0. The number of aliphatic hydroxyl groups is 4. The van der Waals surface area contributed by atoms with Gasteiger partial charge in [0.05, 0.1) is 0 Å². The highest BCUT2D eigenvalue weighted by molar-refractivity contribution is 5.93. The van der Waals surface area contributed by atoms with E-state index < -0.39 is 96.5 Å². The monoisotopic (exact) mass is 1420 g/mol. The molecule has 16 nitrogen and oxygen atoms in total. The van der Waals surface area contributed by atoms with Gasteiger partial charge in [0.25, 0.3) is 11.5 Å². The molecule has 0 fully saturated rings. The van der Waals surface area contributed by atoms with E-state index in [1.54, 1.807) is 0 Å². The van der Waals surface area contributed by atoms with Crippen LogP contribution in [0.4, 0.5) is 0 Å². The van der Waals surface area contributed by atoms with E-state index >= 15 is 0 Å². The zero-order valence-corrected chi connectivity index (χ0v) is 65.0. The summed E-state index contributed by atoms with van der Waals surface area (Å²) >= 11 is 0. The van der Waals surface area contributed by atoms with Crippen molar-refractivity contribution in [2.75, 3.05) is 13.2 Å². The van der Waals surface area contributed by atoms with Crippen LogP contribution in [0.5, 0.6) is 0 Å². The molecule has 2 aliphatic rings. The number of carbonyl (C=O) groups is 6. The van der Waals surface area contributed by atoms with Gasteiger partial charge in [-0.2, -0.15) is 0 Å². The normalized spacial score (nSPS) is 15.1. The fourth-order valence-electron chi connectivity index (χ4n) is 13.1. The Labute approximate surface area is 609 Å². The second kappa shape index (κ2) is 66.8. The molecule has 4 atom stereocenters. The molecule has 4 N–H and O–H groups in total. The Bertz CT molecular complexity index is 2080. The predicted molar refractivity (Wildman–Crippen MR) is 403 cm³/mol. The average molecular weight is 1420 g/mol. The number of carbonyl (C=O) groups excluding carboxylic acids is 6. The summed E-state index contributed by atoms with van der Waals surface area (Å²) in [6, 6.07) is 0. The van der Waals surface area contributed by atoms with Crippen molar-refractivity contribution in [1.82, 2.24) is 0 Å². The van der Waals surface area contributed by atoms with Crippen LogP contribution in [-0.4, -0.2) is 93.9 Å². The molecule has 0 aromatic heterocycles. The molecule has 0 aromatic carbocycles. The van der Waals surface area contributed by atoms with Crippen molar-refractivity contribution < 1.29 is 77.6 Å². The van der Waals surface area contributed by atoms with E-state index in [4.69, 9.17) is 28.4 Å². The van der Waals surface area contributed by atoms with Crippen molar-refractivity contribution in [3.05, 3.63) is 23.0 Å². The average Bonchev–Trinajstić information content (AvgIpc) is 1.69. The lowest BCUT2D eigenvalue weighted by atomic mass is 10.0. The number of cyclic esters (lactones) is 2. The van der Waals surface area contributed by atoms with Crippen molar-refractivity contribution in [3.8, 4) is 0 Å². The van der Waals surface area contributed by atoms with Gasteiger partial charge in [-0.3, -0.25) is 19.2 Å². The van der Waals surface area contributed by atoms with Gasteiger partial charge in [-0.05, 0) is 37.5 Å². The maximum Gasteiger partial charge on any atom is 0.378 e. The Kier molecular flexibility index (Phi) is 62.6. The molecule has 0 unspecified atom stereocenters. The Morgan fingerprint density at radius 2 is 0.500 bits per heavy atom. The first-order valence-corrected chi connectivity index (χ1v) is 41.9. The van der Waals surface area contributed by atoms with Gasteiger partial charge in [-0.1, -0.05) is 375 Å². The minimum atomic E-state index is -1.46. The molecule has 0 saturated heterocycles. The topological polar surface area (TPSA) is 239 Å². The summed E-state index contributed by atoms with van der Waals surface area (Å²) < 4.78 is 30.5. The van der Waals surface area contributed by atoms with Gasteiger partial charge in [0, 0.05) is 25.7 Å². The van der Waals surface area contributed by atoms with E-state index in [0.717, 1.165) is 82.5 Å². The number of aliphatic hydroxyl groups excluding tert-OH is 4. The molecule has 2 heterocycles. The van der Waals surface area contributed by atoms with Crippen LogP contribution in [-0.2, 0) is 57.2 Å². The minimum Gasteiger partial charge on any atom is -0.505 e. The maximum atomic E-state index is 12.3. The molecule has 2 aliphatic heterocycles. The standard InChI is InChI=1S/2C42H76O8/c1-34(2)29-25-21-17-13-9-5-7-11-15-19-23-27-31-37(44)48-33-36(43)40-39(46)41(42(47)50-40)49-38(45)32-28-24-20-16-12-8-6-10-14-18-22-26-30-35(3)4;1-3-5-7-9-11-13-15-17-19-21-23-25-27-29-31-33-37(44)48-35-36(43)40-39(46)41(42(47)50-40)49-38(45)34-32-30-28-26-24-22-20-18-16-14-12-10-8-6-4-2/h34-36,40,43,46H,5-33H2,1-4H3;36,40,43,46H,3-35H2,1-2H3/t2*36-,40+/m00/s1. The van der Waals surface area contributed by atoms with Crippen LogP contribution in [0.25, 0.3) is 0 Å². The Hall–Kier alpha value is -4.18. The summed E-state index contributed by atoms with van der Waals surface area (Å²) in [5.74, 6) is -5.01. The lowest BCUT2D eigenvalue weighted by Crippen LogP contribution is -2.33. The van der Waals surface area contributed by atoms with Crippen LogP contribution in [0.15, 0.2) is 23.0 Å². The molecule has 16 heteroatoms. The van der Waals surface area contributed by atoms with Crippen LogP contribution in [0.3, 0.4) is 0 Å². The van der Waals surface area contributed by atoms with E-state index in [0.29, 0.717) is 19.3 Å². The molecule has 2 rings (SSSR count). The third-order valence-electron chi connectivity index (χ3n) is 19.6. The summed E-state index contributed by atoms with van der Waals surface area (Å²) in [6.07, 6.45) is 63.4. The second-order valence-corrected chi connectivity index (χ2v) is 30.3. The van der Waals surface area contributed by atoms with E-state index in [1.165, 1.54) is 270 Å². The summed E-state index contributed by atoms with van der Waals surface area (Å²) in [4.78, 5) is 73.3. The number of rotatable bonds is 70. The lowest BCUT2D eigenvalue weighted by molar-refractivity contribution is -0.157. The third kappa shape index (κ3) is 54.5. The van der Waals surface area contributed by atoms with Crippen LogP contribution in [0.1, 0.15) is 427 Å². The van der Waals surface area contributed by atoms with Crippen molar-refractivity contribution in [2.45, 2.75) is 451 Å². The van der Waals surface area contributed by atoms with Crippen LogP contribution in [0, 0.1) is 11.8 Å². The lowest BCUT2D eigenvalue weighted by Gasteiger charge is -2.17. The van der Waals surface area contributed by atoms with Crippen molar-refractivity contribution in [1.29, 1.82) is 0 Å². The fourth-order valence-corrected chi connectivity index (χ4v) is 13.1. The molecule has 0 spiro atoms. The molecule has 0 radical (unpaired) electrons. The Balaban J connectivity index is 0.000001000. The van der Waals surface area contributed by atoms with Crippen LogP contribution >= 0.6 is 0 Å². The van der Waals surface area contributed by atoms with Gasteiger partial charge in [0.2, 0.25) is 0 Å². The third-order valence-corrected chi connectivity index (χ3v) is 19.6. The van der Waals surface area contributed by atoms with Crippen molar-refractivity contribution in [2.24, 2.45) is 11.8 Å². The molecule has 100 heavy (non-hydrogen) atoms. The second-order valence-electron chi connectivity index (χ2n) is 30.3. The van der Waals surface area contributed by atoms with Gasteiger partial charge in [-0.15, -0.1) is 0 Å². The first-order chi connectivity index (χ1) is 48.5. The van der Waals surface area contributed by atoms with Gasteiger partial charge in [0.1, 0.15) is 25.4 Å². The molecule has 0 amide bonds. The molecule has 0 saturated carbocycles. The molecule has 584 valence electrons. The highest BCUT2D eigenvalue weighted by atomic mass is 16.6. The number of hydrogen-bond donors (Lipinski definition) is 4. The predicted octanol–water partition coefficient (Wildman–Crippen LogP) is 23.0. The largest absolute Gasteiger partial charge is 0.505 e. The highest BCUT2D eigenvalue weighted by Crippen LogP contribution is 2.28. The van der Waals surface area contributed by atoms with Crippen LogP contribution < -0.4 is 0 Å². The first kappa shape index (κ1) is 93.8. The number of esters is 6. The maximum absolute atomic E-state index is 12.3. The molecule has 0 aliphatic carbocycles. The molecular weight excluding hydrogens is 1260 g/mol. The van der Waals surface area contributed by atoms with Gasteiger partial charge in [0.15, 0.2) is 23.7 Å². The summed E-state index contributed by atoms with van der Waals surface area (Å²) in [5, 5.41) is 41.6. The highest BCUT2D eigenvalue weighted by Gasteiger charge is 2.43. The zero-order chi connectivity index (χ0) is 73.3. The van der Waals surface area contributed by atoms with E-state index in [9.17, 15) is 49.2 Å². The van der Waals surface area contributed by atoms with E-state index in [1.807, 2.05) is 0 Å². The minimum absolute atomic E-state index is 0.129. The van der Waals surface area contributed by atoms with Crippen molar-refractivity contribution >= 4 is 35.8 Å². The number of ether oxygens (including phenoxy) is 6. The van der Waals surface area contributed by atoms with Crippen molar-refractivity contribution in [3.63, 3.8) is 0 Å². The summed E-state index contributed by atoms with van der Waals surface area (Å²) in [6.45, 7) is 12.8. The molecule has 0 aromatic rings. The van der Waals surface area contributed by atoms with E-state index in [2.05, 4.69) is 41.5 Å². The Morgan fingerprint density at radius 3 is 0.710 bits per heavy atom. The van der Waals surface area contributed by atoms with Gasteiger partial charge >= 0.3 is 35.8 Å². The van der Waals surface area contributed by atoms with E-state index in [-0.39, 0.29) is 25.7 Å². The number of hydrogen-bond acceptors (Lipinski definition) is 16. The van der Waals surface area contributed by atoms with Gasteiger partial charge < -0.3 is 48.8 Å². The molecular formula is C84H152O16. The number of unbranched alkanes of at least 4 members (excludes halogenated alkanes) is 50. The smallest absolute Gasteiger partial charge is 0.378 e.